The summed E-state index contributed by atoms with van der Waals surface area (Å²) in [6.45, 7) is 5.71. The molecule has 0 spiro atoms. The van der Waals surface area contributed by atoms with E-state index in [2.05, 4.69) is 34.1 Å². The number of anilines is 1. The highest BCUT2D eigenvalue weighted by molar-refractivity contribution is 7.89. The number of imidazole rings is 1. The van der Waals surface area contributed by atoms with Crippen molar-refractivity contribution < 1.29 is 8.42 Å². The number of nitrogens with zero attached hydrogens (tertiary/aromatic N) is 3. The topological polar surface area (TPSA) is 69.3 Å². The van der Waals surface area contributed by atoms with Gasteiger partial charge in [-0.25, -0.2) is 13.4 Å². The predicted octanol–water partition coefficient (Wildman–Crippen LogP) is 3.09. The highest BCUT2D eigenvalue weighted by Crippen LogP contribution is 2.25. The van der Waals surface area contributed by atoms with Crippen LogP contribution in [0.5, 0.6) is 0 Å². The first kappa shape index (κ1) is 18.0. The molecule has 2 heterocycles. The Morgan fingerprint density at radius 2 is 1.67 bits per heavy atom. The predicted molar refractivity (Wildman–Crippen MR) is 109 cm³/mol. The maximum absolute atomic E-state index is 12.3. The summed E-state index contributed by atoms with van der Waals surface area (Å²) >= 11 is 0. The molecule has 7 heteroatoms. The molecular weight excluding hydrogens is 360 g/mol. The number of hydrogen-bond acceptors (Lipinski definition) is 4. The summed E-state index contributed by atoms with van der Waals surface area (Å²) in [5, 5.41) is -0.383. The van der Waals surface area contributed by atoms with Gasteiger partial charge in [0.2, 0.25) is 16.0 Å². The van der Waals surface area contributed by atoms with Crippen molar-refractivity contribution in [1.82, 2.24) is 14.3 Å². The lowest BCUT2D eigenvalue weighted by molar-refractivity contribution is 0.379. The van der Waals surface area contributed by atoms with Crippen LogP contribution in [0.2, 0.25) is 0 Å². The third-order valence-corrected chi connectivity index (χ3v) is 7.35. The second-order valence-electron chi connectivity index (χ2n) is 7.14. The SMILES string of the molecule is CC(C)S(=O)(=O)N1CCN(c2nc3ccc(-c4ccccc4)cc3[nH]2)CC1. The van der Waals surface area contributed by atoms with Crippen molar-refractivity contribution in [3.8, 4) is 11.1 Å². The van der Waals surface area contributed by atoms with Crippen LogP contribution in [0.4, 0.5) is 5.95 Å². The van der Waals surface area contributed by atoms with Gasteiger partial charge in [-0.15, -0.1) is 0 Å². The smallest absolute Gasteiger partial charge is 0.216 e. The fourth-order valence-corrected chi connectivity index (χ4v) is 4.68. The van der Waals surface area contributed by atoms with Crippen LogP contribution in [0.15, 0.2) is 48.5 Å². The molecule has 2 aromatic carbocycles. The minimum atomic E-state index is -3.19. The van der Waals surface area contributed by atoms with Crippen molar-refractivity contribution in [2.45, 2.75) is 19.1 Å². The van der Waals surface area contributed by atoms with Gasteiger partial charge in [0, 0.05) is 26.2 Å². The van der Waals surface area contributed by atoms with Crippen LogP contribution in [0.25, 0.3) is 22.2 Å². The van der Waals surface area contributed by atoms with Crippen LogP contribution < -0.4 is 4.90 Å². The molecule has 142 valence electrons. The summed E-state index contributed by atoms with van der Waals surface area (Å²) < 4.78 is 26.2. The molecule has 0 saturated carbocycles. The first-order valence-electron chi connectivity index (χ1n) is 9.24. The van der Waals surface area contributed by atoms with Crippen molar-refractivity contribution in [3.63, 3.8) is 0 Å². The summed E-state index contributed by atoms with van der Waals surface area (Å²) in [5.74, 6) is 0.803. The molecule has 0 atom stereocenters. The first-order chi connectivity index (χ1) is 12.9. The maximum Gasteiger partial charge on any atom is 0.216 e. The fourth-order valence-electron chi connectivity index (χ4n) is 3.41. The molecule has 1 saturated heterocycles. The van der Waals surface area contributed by atoms with E-state index in [-0.39, 0.29) is 5.25 Å². The molecular formula is C20H24N4O2S. The van der Waals surface area contributed by atoms with Gasteiger partial charge in [-0.1, -0.05) is 36.4 Å². The summed E-state index contributed by atoms with van der Waals surface area (Å²) in [6, 6.07) is 16.5. The number of fused-ring (bicyclic) bond motifs is 1. The largest absolute Gasteiger partial charge is 0.340 e. The van der Waals surface area contributed by atoms with Gasteiger partial charge in [0.15, 0.2) is 0 Å². The van der Waals surface area contributed by atoms with Crippen LogP contribution in [-0.4, -0.2) is 54.1 Å². The second-order valence-corrected chi connectivity index (χ2v) is 9.63. The molecule has 1 N–H and O–H groups in total. The lowest BCUT2D eigenvalue weighted by atomic mass is 10.1. The molecule has 4 rings (SSSR count). The van der Waals surface area contributed by atoms with Gasteiger partial charge in [0.05, 0.1) is 16.3 Å². The number of sulfonamides is 1. The molecule has 27 heavy (non-hydrogen) atoms. The van der Waals surface area contributed by atoms with Crippen molar-refractivity contribution in [2.75, 3.05) is 31.1 Å². The minimum absolute atomic E-state index is 0.383. The Balaban J connectivity index is 1.54. The van der Waals surface area contributed by atoms with Gasteiger partial charge < -0.3 is 9.88 Å². The highest BCUT2D eigenvalue weighted by atomic mass is 32.2. The molecule has 0 radical (unpaired) electrons. The van der Waals surface area contributed by atoms with Crippen molar-refractivity contribution in [2.24, 2.45) is 0 Å². The van der Waals surface area contributed by atoms with Gasteiger partial charge in [0.25, 0.3) is 0 Å². The number of benzene rings is 2. The van der Waals surface area contributed by atoms with E-state index >= 15 is 0 Å². The van der Waals surface area contributed by atoms with Gasteiger partial charge in [0.1, 0.15) is 0 Å². The van der Waals surface area contributed by atoms with Crippen molar-refractivity contribution in [1.29, 1.82) is 0 Å². The summed E-state index contributed by atoms with van der Waals surface area (Å²) in [5.41, 5.74) is 4.22. The van der Waals surface area contributed by atoms with E-state index in [0.717, 1.165) is 22.5 Å². The normalized spacial score (nSPS) is 16.3. The Kier molecular flexibility index (Phi) is 4.65. The number of aromatic nitrogens is 2. The molecule has 0 unspecified atom stereocenters. The van der Waals surface area contributed by atoms with Gasteiger partial charge in [-0.05, 0) is 37.1 Å². The van der Waals surface area contributed by atoms with E-state index in [4.69, 9.17) is 4.98 Å². The van der Waals surface area contributed by atoms with E-state index in [1.165, 1.54) is 5.56 Å². The standard InChI is InChI=1S/C20H24N4O2S/c1-15(2)27(25,26)24-12-10-23(11-13-24)20-21-18-9-8-17(14-19(18)22-20)16-6-4-3-5-7-16/h3-9,14-15H,10-13H2,1-2H3,(H,21,22). The number of piperazine rings is 1. The molecule has 0 amide bonds. The van der Waals surface area contributed by atoms with Crippen LogP contribution in [0.1, 0.15) is 13.8 Å². The van der Waals surface area contributed by atoms with Gasteiger partial charge >= 0.3 is 0 Å². The number of H-pyrrole nitrogens is 1. The quantitative estimate of drug-likeness (QED) is 0.750. The first-order valence-corrected chi connectivity index (χ1v) is 10.7. The molecule has 0 bridgehead atoms. The fraction of sp³-hybridized carbons (Fsp3) is 0.350. The number of rotatable bonds is 4. The Morgan fingerprint density at radius 1 is 0.963 bits per heavy atom. The third-order valence-electron chi connectivity index (χ3n) is 5.07. The molecule has 1 aliphatic rings. The molecule has 1 fully saturated rings. The average molecular weight is 385 g/mol. The lowest BCUT2D eigenvalue weighted by Crippen LogP contribution is -2.50. The molecule has 1 aliphatic heterocycles. The summed E-state index contributed by atoms with van der Waals surface area (Å²) in [6.07, 6.45) is 0. The Labute approximate surface area is 159 Å². The van der Waals surface area contributed by atoms with E-state index in [1.54, 1.807) is 18.2 Å². The van der Waals surface area contributed by atoms with Crippen LogP contribution >= 0.6 is 0 Å². The Morgan fingerprint density at radius 3 is 2.33 bits per heavy atom. The second kappa shape index (κ2) is 6.98. The zero-order valence-electron chi connectivity index (χ0n) is 15.6. The lowest BCUT2D eigenvalue weighted by Gasteiger charge is -2.34. The maximum atomic E-state index is 12.3. The van der Waals surface area contributed by atoms with E-state index in [1.807, 2.05) is 24.3 Å². The highest BCUT2D eigenvalue weighted by Gasteiger charge is 2.30. The van der Waals surface area contributed by atoms with Crippen LogP contribution in [0.3, 0.4) is 0 Å². The summed E-state index contributed by atoms with van der Waals surface area (Å²) in [7, 11) is -3.19. The average Bonchev–Trinajstić information content (AvgIpc) is 3.12. The molecule has 1 aromatic heterocycles. The van der Waals surface area contributed by atoms with Gasteiger partial charge in [-0.2, -0.15) is 4.31 Å². The number of aromatic amines is 1. The zero-order valence-corrected chi connectivity index (χ0v) is 16.4. The van der Waals surface area contributed by atoms with Crippen molar-refractivity contribution >= 4 is 27.0 Å². The monoisotopic (exact) mass is 384 g/mol. The Bertz CT molecular complexity index is 1040. The van der Waals surface area contributed by atoms with Crippen molar-refractivity contribution in [3.05, 3.63) is 48.5 Å². The van der Waals surface area contributed by atoms with Crippen LogP contribution in [0, 0.1) is 0 Å². The number of nitrogens with one attached hydrogen (secondary N) is 1. The Hall–Kier alpha value is -2.38. The van der Waals surface area contributed by atoms with E-state index in [0.29, 0.717) is 26.2 Å². The molecule has 3 aromatic rings. The molecule has 6 nitrogen and oxygen atoms in total. The molecule has 0 aliphatic carbocycles. The summed E-state index contributed by atoms with van der Waals surface area (Å²) in [4.78, 5) is 10.2. The van der Waals surface area contributed by atoms with E-state index in [9.17, 15) is 8.42 Å². The third kappa shape index (κ3) is 3.44. The number of hydrogen-bond donors (Lipinski definition) is 1. The van der Waals surface area contributed by atoms with Gasteiger partial charge in [-0.3, -0.25) is 0 Å². The van der Waals surface area contributed by atoms with Crippen LogP contribution in [-0.2, 0) is 10.0 Å². The zero-order chi connectivity index (χ0) is 19.0. The van der Waals surface area contributed by atoms with E-state index < -0.39 is 10.0 Å². The minimum Gasteiger partial charge on any atom is -0.340 e.